The molecule has 4 rings (SSSR count). The Morgan fingerprint density at radius 3 is 2.89 bits per heavy atom. The number of nitrogens with one attached hydrogen (secondary N) is 3. The molecule has 0 saturated carbocycles. The van der Waals surface area contributed by atoms with Crippen LogP contribution in [0.4, 0.5) is 5.82 Å². The molecule has 1 aliphatic rings. The zero-order valence-electron chi connectivity index (χ0n) is 15.4. The number of amides is 2. The van der Waals surface area contributed by atoms with Gasteiger partial charge in [0.2, 0.25) is 5.91 Å². The number of fused-ring (bicyclic) bond motifs is 1. The lowest BCUT2D eigenvalue weighted by atomic mass is 10.1. The lowest BCUT2D eigenvalue weighted by Gasteiger charge is -2.34. The highest BCUT2D eigenvalue weighted by molar-refractivity contribution is 5.96. The van der Waals surface area contributed by atoms with E-state index in [1.807, 2.05) is 18.3 Å². The predicted molar refractivity (Wildman–Crippen MR) is 106 cm³/mol. The van der Waals surface area contributed by atoms with E-state index in [1.54, 1.807) is 30.6 Å². The number of piperidine rings is 1. The van der Waals surface area contributed by atoms with Gasteiger partial charge in [0.05, 0.1) is 11.9 Å². The first-order valence-electron chi connectivity index (χ1n) is 9.36. The van der Waals surface area contributed by atoms with E-state index in [0.717, 1.165) is 36.2 Å². The molecule has 1 unspecified atom stereocenters. The first-order chi connectivity index (χ1) is 13.7. The van der Waals surface area contributed by atoms with E-state index in [1.165, 1.54) is 0 Å². The van der Waals surface area contributed by atoms with E-state index in [4.69, 9.17) is 0 Å². The molecule has 3 aromatic rings. The van der Waals surface area contributed by atoms with Gasteiger partial charge < -0.3 is 20.5 Å². The molecule has 1 atom stereocenters. The highest BCUT2D eigenvalue weighted by Crippen LogP contribution is 2.24. The molecule has 0 radical (unpaired) electrons. The summed E-state index contributed by atoms with van der Waals surface area (Å²) in [5, 5.41) is 6.66. The number of H-pyrrole nitrogens is 1. The van der Waals surface area contributed by atoms with Gasteiger partial charge in [-0.05, 0) is 31.0 Å². The lowest BCUT2D eigenvalue weighted by Crippen LogP contribution is -2.50. The largest absolute Gasteiger partial charge is 0.354 e. The number of rotatable bonds is 5. The Labute approximate surface area is 162 Å². The molecule has 2 amide bonds. The second-order valence-corrected chi connectivity index (χ2v) is 6.84. The van der Waals surface area contributed by atoms with E-state index in [9.17, 15) is 9.59 Å². The normalized spacial score (nSPS) is 16.7. The lowest BCUT2D eigenvalue weighted by molar-refractivity contribution is -0.120. The summed E-state index contributed by atoms with van der Waals surface area (Å²) in [6.07, 6.45) is 5.25. The van der Waals surface area contributed by atoms with E-state index in [2.05, 4.69) is 30.5 Å². The second-order valence-electron chi connectivity index (χ2n) is 6.84. The minimum atomic E-state index is -0.253. The Kier molecular flexibility index (Phi) is 5.18. The molecule has 0 spiro atoms. The van der Waals surface area contributed by atoms with Crippen molar-refractivity contribution in [3.8, 4) is 0 Å². The molecule has 8 heteroatoms. The first kappa shape index (κ1) is 18.0. The molecular weight excluding hydrogens is 356 g/mol. The van der Waals surface area contributed by atoms with Gasteiger partial charge in [-0.3, -0.25) is 9.59 Å². The molecule has 1 aliphatic heterocycles. The summed E-state index contributed by atoms with van der Waals surface area (Å²) in [6, 6.07) is 10.8. The van der Waals surface area contributed by atoms with Crippen LogP contribution in [0.25, 0.3) is 11.0 Å². The van der Waals surface area contributed by atoms with Gasteiger partial charge >= 0.3 is 0 Å². The van der Waals surface area contributed by atoms with Crippen LogP contribution in [0.3, 0.4) is 0 Å². The summed E-state index contributed by atoms with van der Waals surface area (Å²) in [5.41, 5.74) is 1.35. The minimum Gasteiger partial charge on any atom is -0.354 e. The average molecular weight is 378 g/mol. The monoisotopic (exact) mass is 378 g/mol. The predicted octanol–water partition coefficient (Wildman–Crippen LogP) is 1.47. The fourth-order valence-corrected chi connectivity index (χ4v) is 3.53. The molecule has 144 valence electrons. The van der Waals surface area contributed by atoms with Crippen LogP contribution in [-0.4, -0.2) is 52.4 Å². The molecule has 3 N–H and O–H groups in total. The van der Waals surface area contributed by atoms with Crippen molar-refractivity contribution in [1.82, 2.24) is 25.6 Å². The maximum Gasteiger partial charge on any atom is 0.251 e. The van der Waals surface area contributed by atoms with E-state index in [0.29, 0.717) is 12.1 Å². The van der Waals surface area contributed by atoms with Gasteiger partial charge in [-0.1, -0.05) is 18.2 Å². The summed E-state index contributed by atoms with van der Waals surface area (Å²) in [7, 11) is 0. The number of hydrogen-bond acceptors (Lipinski definition) is 5. The third kappa shape index (κ3) is 3.95. The minimum absolute atomic E-state index is 0.0128. The third-order valence-corrected chi connectivity index (χ3v) is 4.86. The molecule has 28 heavy (non-hydrogen) atoms. The summed E-state index contributed by atoms with van der Waals surface area (Å²) >= 11 is 0. The van der Waals surface area contributed by atoms with Gasteiger partial charge in [-0.15, -0.1) is 0 Å². The van der Waals surface area contributed by atoms with Crippen molar-refractivity contribution in [2.45, 2.75) is 18.9 Å². The van der Waals surface area contributed by atoms with Crippen molar-refractivity contribution in [2.75, 3.05) is 24.5 Å². The molecular formula is C20H22N6O2. The molecule has 0 bridgehead atoms. The summed E-state index contributed by atoms with van der Waals surface area (Å²) in [4.78, 5) is 38.3. The Bertz CT molecular complexity index is 971. The number of anilines is 1. The highest BCUT2D eigenvalue weighted by atomic mass is 16.2. The van der Waals surface area contributed by atoms with Crippen LogP contribution < -0.4 is 15.5 Å². The van der Waals surface area contributed by atoms with Gasteiger partial charge in [-0.2, -0.15) is 0 Å². The van der Waals surface area contributed by atoms with Crippen molar-refractivity contribution in [3.63, 3.8) is 0 Å². The van der Waals surface area contributed by atoms with Crippen LogP contribution in [0.2, 0.25) is 0 Å². The zero-order chi connectivity index (χ0) is 19.3. The van der Waals surface area contributed by atoms with Crippen molar-refractivity contribution >= 4 is 28.7 Å². The van der Waals surface area contributed by atoms with Gasteiger partial charge in [0.1, 0.15) is 17.8 Å². The van der Waals surface area contributed by atoms with Crippen LogP contribution in [-0.2, 0) is 4.79 Å². The van der Waals surface area contributed by atoms with Gasteiger partial charge in [0, 0.05) is 30.9 Å². The van der Waals surface area contributed by atoms with Crippen molar-refractivity contribution in [3.05, 3.63) is 54.5 Å². The van der Waals surface area contributed by atoms with E-state index in [-0.39, 0.29) is 24.4 Å². The van der Waals surface area contributed by atoms with Gasteiger partial charge in [-0.25, -0.2) is 9.97 Å². The number of hydrogen-bond donors (Lipinski definition) is 3. The quantitative estimate of drug-likeness (QED) is 0.624. The number of nitrogens with zero attached hydrogens (tertiary/aromatic N) is 3. The fourth-order valence-electron chi connectivity index (χ4n) is 3.53. The van der Waals surface area contributed by atoms with Crippen LogP contribution >= 0.6 is 0 Å². The van der Waals surface area contributed by atoms with Crippen LogP contribution in [0.15, 0.2) is 48.9 Å². The Hall–Kier alpha value is -3.42. The topological polar surface area (TPSA) is 103 Å². The second kappa shape index (κ2) is 8.08. The molecule has 1 aromatic carbocycles. The number of carbonyl (C=O) groups is 2. The molecule has 3 heterocycles. The molecule has 2 aromatic heterocycles. The average Bonchev–Trinajstić information content (AvgIpc) is 3.22. The van der Waals surface area contributed by atoms with Crippen LogP contribution in [0, 0.1) is 0 Å². The molecule has 0 aliphatic carbocycles. The van der Waals surface area contributed by atoms with Crippen LogP contribution in [0.5, 0.6) is 0 Å². The van der Waals surface area contributed by atoms with E-state index < -0.39 is 0 Å². The van der Waals surface area contributed by atoms with E-state index >= 15 is 0 Å². The maximum absolute atomic E-state index is 12.3. The number of aromatic amines is 1. The molecule has 8 nitrogen and oxygen atoms in total. The molecule has 1 saturated heterocycles. The number of benzene rings is 1. The summed E-state index contributed by atoms with van der Waals surface area (Å²) < 4.78 is 0. The number of carbonyl (C=O) groups excluding carboxylic acids is 2. The maximum atomic E-state index is 12.3. The Balaban J connectivity index is 1.33. The van der Waals surface area contributed by atoms with Crippen LogP contribution in [0.1, 0.15) is 23.2 Å². The fraction of sp³-hybridized carbons (Fsp3) is 0.300. The highest BCUT2D eigenvalue weighted by Gasteiger charge is 2.24. The van der Waals surface area contributed by atoms with Gasteiger partial charge in [0.25, 0.3) is 5.91 Å². The van der Waals surface area contributed by atoms with Crippen molar-refractivity contribution in [1.29, 1.82) is 0 Å². The summed E-state index contributed by atoms with van der Waals surface area (Å²) in [6.45, 7) is 1.52. The Morgan fingerprint density at radius 2 is 2.04 bits per heavy atom. The summed E-state index contributed by atoms with van der Waals surface area (Å²) in [5.74, 6) is 0.435. The molecule has 1 fully saturated rings. The standard InChI is InChI=1S/C20H22N6O2/c27-17(11-22-20(28)14-5-2-1-3-6-14)25-15-7-4-10-26(12-15)19-16-8-9-21-18(16)23-13-24-19/h1-3,5-6,8-9,13,15H,4,7,10-12H2,(H,22,28)(H,25,27)(H,21,23,24). The van der Waals surface area contributed by atoms with Gasteiger partial charge in [0.15, 0.2) is 0 Å². The smallest absolute Gasteiger partial charge is 0.251 e. The zero-order valence-corrected chi connectivity index (χ0v) is 15.4. The first-order valence-corrected chi connectivity index (χ1v) is 9.36. The van der Waals surface area contributed by atoms with Crippen molar-refractivity contribution in [2.24, 2.45) is 0 Å². The third-order valence-electron chi connectivity index (χ3n) is 4.86. The SMILES string of the molecule is O=C(CNC(=O)c1ccccc1)NC1CCCN(c2ncnc3[nH]ccc23)C1. The number of aromatic nitrogens is 3. The van der Waals surface area contributed by atoms with Crippen molar-refractivity contribution < 1.29 is 9.59 Å². The Morgan fingerprint density at radius 1 is 1.18 bits per heavy atom.